The molecule has 29 heavy (non-hydrogen) atoms. The lowest BCUT2D eigenvalue weighted by atomic mass is 10.3. The highest BCUT2D eigenvalue weighted by molar-refractivity contribution is 5.87. The Balaban J connectivity index is 0. The topological polar surface area (TPSA) is 166 Å². The molecule has 0 aliphatic rings. The van der Waals surface area contributed by atoms with Gasteiger partial charge in [-0.3, -0.25) is 4.79 Å². The van der Waals surface area contributed by atoms with Crippen molar-refractivity contribution >= 4 is 23.9 Å². The monoisotopic (exact) mass is 420 g/mol. The zero-order valence-electron chi connectivity index (χ0n) is 16.5. The number of carbonyl (C=O) groups is 4. The number of aliphatic carboxylic acids is 2. The first-order valence-electron chi connectivity index (χ1n) is 8.42. The lowest BCUT2D eigenvalue weighted by Gasteiger charge is -2.07. The fourth-order valence-corrected chi connectivity index (χ4v) is 1.21. The molecule has 0 aliphatic heterocycles. The van der Waals surface area contributed by atoms with Crippen molar-refractivity contribution in [1.82, 2.24) is 0 Å². The smallest absolute Gasteiger partial charge is 0.333 e. The minimum Gasteiger partial charge on any atom is -0.481 e. The van der Waals surface area contributed by atoms with Gasteiger partial charge in [0.1, 0.15) is 13.2 Å². The zero-order chi connectivity index (χ0) is 22.8. The Labute approximate surface area is 168 Å². The molecule has 0 heterocycles. The van der Waals surface area contributed by atoms with Gasteiger partial charge in [0.25, 0.3) is 0 Å². The van der Waals surface area contributed by atoms with Crippen LogP contribution < -0.4 is 0 Å². The molecule has 11 nitrogen and oxygen atoms in total. The Morgan fingerprint density at radius 2 is 1.10 bits per heavy atom. The summed E-state index contributed by atoms with van der Waals surface area (Å²) in [5.74, 6) is -3.70. The highest BCUT2D eigenvalue weighted by atomic mass is 16.6. The SMILES string of the molecule is C=C(C)C(=O)OCCOCCOCCOC(=O)C(=C)C.O=C(O)CC(O)C(=O)O. The molecule has 0 spiro atoms. The summed E-state index contributed by atoms with van der Waals surface area (Å²) in [4.78, 5) is 41.4. The minimum absolute atomic E-state index is 0.182. The Bertz CT molecular complexity index is 534. The quantitative estimate of drug-likeness (QED) is 0.199. The average Bonchev–Trinajstić information content (AvgIpc) is 2.62. The van der Waals surface area contributed by atoms with Crippen LogP contribution in [0.1, 0.15) is 20.3 Å². The van der Waals surface area contributed by atoms with Gasteiger partial charge in [-0.15, -0.1) is 0 Å². The van der Waals surface area contributed by atoms with Crippen LogP contribution in [0.4, 0.5) is 0 Å². The van der Waals surface area contributed by atoms with Crippen LogP contribution in [0.25, 0.3) is 0 Å². The van der Waals surface area contributed by atoms with Gasteiger partial charge in [0, 0.05) is 11.1 Å². The average molecular weight is 420 g/mol. The molecule has 1 unspecified atom stereocenters. The van der Waals surface area contributed by atoms with E-state index < -0.39 is 36.4 Å². The fourth-order valence-electron chi connectivity index (χ4n) is 1.21. The second kappa shape index (κ2) is 17.3. The van der Waals surface area contributed by atoms with Gasteiger partial charge in [-0.2, -0.15) is 0 Å². The Kier molecular flexibility index (Phi) is 17.0. The van der Waals surface area contributed by atoms with Crippen LogP contribution >= 0.6 is 0 Å². The van der Waals surface area contributed by atoms with E-state index in [9.17, 15) is 19.2 Å². The molecule has 11 heteroatoms. The van der Waals surface area contributed by atoms with Crippen LogP contribution in [0.5, 0.6) is 0 Å². The molecule has 0 aromatic carbocycles. The van der Waals surface area contributed by atoms with E-state index in [1.54, 1.807) is 13.8 Å². The first-order chi connectivity index (χ1) is 13.5. The highest BCUT2D eigenvalue weighted by Gasteiger charge is 2.16. The number of carboxylic acids is 2. The van der Waals surface area contributed by atoms with E-state index in [1.165, 1.54) is 0 Å². The third kappa shape index (κ3) is 19.8. The van der Waals surface area contributed by atoms with E-state index >= 15 is 0 Å². The number of rotatable bonds is 14. The maximum Gasteiger partial charge on any atom is 0.333 e. The molecule has 0 bridgehead atoms. The lowest BCUT2D eigenvalue weighted by molar-refractivity contribution is -0.152. The molecule has 0 fully saturated rings. The summed E-state index contributed by atoms with van der Waals surface area (Å²) in [6.07, 6.45) is -2.54. The number of aliphatic hydroxyl groups excluding tert-OH is 1. The largest absolute Gasteiger partial charge is 0.481 e. The molecule has 1 atom stereocenters. The third-order valence-electron chi connectivity index (χ3n) is 2.64. The number of hydrogen-bond donors (Lipinski definition) is 3. The second-order valence-electron chi connectivity index (χ2n) is 5.51. The van der Waals surface area contributed by atoms with E-state index in [4.69, 9.17) is 34.3 Å². The summed E-state index contributed by atoms with van der Waals surface area (Å²) in [5.41, 5.74) is 0.718. The molecule has 0 amide bonds. The first kappa shape index (κ1) is 28.4. The van der Waals surface area contributed by atoms with Crippen molar-refractivity contribution in [3.8, 4) is 0 Å². The molecule has 0 saturated heterocycles. The van der Waals surface area contributed by atoms with Crippen molar-refractivity contribution in [3.05, 3.63) is 24.3 Å². The lowest BCUT2D eigenvalue weighted by Crippen LogP contribution is -2.22. The normalized spacial score (nSPS) is 10.7. The van der Waals surface area contributed by atoms with Crippen molar-refractivity contribution < 1.29 is 53.4 Å². The number of aliphatic hydroxyl groups is 1. The Morgan fingerprint density at radius 3 is 1.34 bits per heavy atom. The number of esters is 2. The van der Waals surface area contributed by atoms with E-state index in [2.05, 4.69) is 13.2 Å². The van der Waals surface area contributed by atoms with Crippen LogP contribution in [-0.2, 0) is 38.1 Å². The molecular formula is C18H28O11. The van der Waals surface area contributed by atoms with Crippen LogP contribution in [0.2, 0.25) is 0 Å². The van der Waals surface area contributed by atoms with Gasteiger partial charge in [0.2, 0.25) is 0 Å². The van der Waals surface area contributed by atoms with Crippen LogP contribution in [0.15, 0.2) is 24.3 Å². The molecular weight excluding hydrogens is 392 g/mol. The predicted molar refractivity (Wildman–Crippen MR) is 99.1 cm³/mol. The fraction of sp³-hybridized carbons (Fsp3) is 0.556. The predicted octanol–water partition coefficient (Wildman–Crippen LogP) is 0.165. The standard InChI is InChI=1S/C14H22O6.C4H6O5/c1-11(2)13(15)19-9-7-17-5-6-18-8-10-20-14(16)12(3)4;5-2(4(8)9)1-3(6)7/h1,3,5-10H2,2,4H3;2,5H,1H2,(H,6,7)(H,8,9). The third-order valence-corrected chi connectivity index (χ3v) is 2.64. The summed E-state index contributed by atoms with van der Waals surface area (Å²) in [5, 5.41) is 24.1. The van der Waals surface area contributed by atoms with Gasteiger partial charge in [0.15, 0.2) is 6.10 Å². The molecule has 166 valence electrons. The number of ether oxygens (including phenoxy) is 4. The van der Waals surface area contributed by atoms with Crippen molar-refractivity contribution in [2.24, 2.45) is 0 Å². The van der Waals surface area contributed by atoms with Crippen molar-refractivity contribution in [1.29, 1.82) is 0 Å². The van der Waals surface area contributed by atoms with Gasteiger partial charge in [-0.25, -0.2) is 14.4 Å². The molecule has 0 aromatic heterocycles. The van der Waals surface area contributed by atoms with Crippen molar-refractivity contribution in [3.63, 3.8) is 0 Å². The first-order valence-corrected chi connectivity index (χ1v) is 8.42. The Morgan fingerprint density at radius 1 is 0.759 bits per heavy atom. The number of carboxylic acid groups (broad SMARTS) is 2. The van der Waals surface area contributed by atoms with Gasteiger partial charge >= 0.3 is 23.9 Å². The van der Waals surface area contributed by atoms with Crippen LogP contribution in [0.3, 0.4) is 0 Å². The molecule has 0 aliphatic carbocycles. The molecule has 0 rings (SSSR count). The van der Waals surface area contributed by atoms with Crippen molar-refractivity contribution in [2.45, 2.75) is 26.4 Å². The van der Waals surface area contributed by atoms with Crippen LogP contribution in [0, 0.1) is 0 Å². The summed E-state index contributed by atoms with van der Waals surface area (Å²) in [6, 6.07) is 0. The summed E-state index contributed by atoms with van der Waals surface area (Å²) >= 11 is 0. The van der Waals surface area contributed by atoms with Gasteiger partial charge in [-0.05, 0) is 13.8 Å². The zero-order valence-corrected chi connectivity index (χ0v) is 16.5. The van der Waals surface area contributed by atoms with Gasteiger partial charge in [-0.1, -0.05) is 13.2 Å². The van der Waals surface area contributed by atoms with Crippen molar-refractivity contribution in [2.75, 3.05) is 39.6 Å². The maximum atomic E-state index is 11.0. The van der Waals surface area contributed by atoms with E-state index in [-0.39, 0.29) is 13.2 Å². The summed E-state index contributed by atoms with van der Waals surface area (Å²) < 4.78 is 20.0. The van der Waals surface area contributed by atoms with E-state index in [1.807, 2.05) is 0 Å². The summed E-state index contributed by atoms with van der Waals surface area (Å²) in [6.45, 7) is 11.8. The Hall–Kier alpha value is -2.76. The van der Waals surface area contributed by atoms with Crippen LogP contribution in [-0.4, -0.2) is 84.9 Å². The molecule has 0 aromatic rings. The summed E-state index contributed by atoms with van der Waals surface area (Å²) in [7, 11) is 0. The number of carbonyl (C=O) groups excluding carboxylic acids is 2. The molecule has 3 N–H and O–H groups in total. The highest BCUT2D eigenvalue weighted by Crippen LogP contribution is 1.93. The number of hydrogen-bond acceptors (Lipinski definition) is 9. The maximum absolute atomic E-state index is 11.0. The van der Waals surface area contributed by atoms with Gasteiger partial charge < -0.3 is 34.3 Å². The second-order valence-corrected chi connectivity index (χ2v) is 5.51. The van der Waals surface area contributed by atoms with E-state index in [0.717, 1.165) is 0 Å². The minimum atomic E-state index is -1.79. The molecule has 0 saturated carbocycles. The van der Waals surface area contributed by atoms with Gasteiger partial charge in [0.05, 0.1) is 32.8 Å². The molecule has 0 radical (unpaired) electrons. The van der Waals surface area contributed by atoms with E-state index in [0.29, 0.717) is 37.6 Å².